The van der Waals surface area contributed by atoms with E-state index in [1.807, 2.05) is 12.1 Å². The zero-order chi connectivity index (χ0) is 15.9. The zero-order valence-electron chi connectivity index (χ0n) is 12.7. The van der Waals surface area contributed by atoms with Gasteiger partial charge in [0.05, 0.1) is 19.2 Å². The molecule has 1 heterocycles. The van der Waals surface area contributed by atoms with Crippen molar-refractivity contribution in [3.63, 3.8) is 0 Å². The van der Waals surface area contributed by atoms with Crippen molar-refractivity contribution in [1.82, 2.24) is 0 Å². The minimum Gasteiger partial charge on any atom is -0.469 e. The van der Waals surface area contributed by atoms with Crippen molar-refractivity contribution in [3.05, 3.63) is 53.5 Å². The summed E-state index contributed by atoms with van der Waals surface area (Å²) in [5.41, 5.74) is 7.53. The van der Waals surface area contributed by atoms with Crippen molar-refractivity contribution in [2.45, 2.75) is 19.4 Å². The molecular weight excluding hydrogens is 320 g/mol. The molecule has 2 aromatic rings. The fourth-order valence-electron chi connectivity index (χ4n) is 1.91. The quantitative estimate of drug-likeness (QED) is 0.789. The number of furan rings is 1. The van der Waals surface area contributed by atoms with Gasteiger partial charge in [-0.1, -0.05) is 12.1 Å². The van der Waals surface area contributed by atoms with Crippen molar-refractivity contribution in [1.29, 1.82) is 0 Å². The topological polar surface area (TPSA) is 94.6 Å². The summed E-state index contributed by atoms with van der Waals surface area (Å²) in [5.74, 6) is 0.0575. The number of rotatable bonds is 6. The summed E-state index contributed by atoms with van der Waals surface area (Å²) in [5, 5.41) is 2.77. The van der Waals surface area contributed by atoms with Crippen LogP contribution < -0.4 is 11.1 Å². The van der Waals surface area contributed by atoms with Crippen LogP contribution in [0.1, 0.15) is 28.1 Å². The molecule has 0 fully saturated rings. The van der Waals surface area contributed by atoms with Gasteiger partial charge in [0.1, 0.15) is 12.0 Å². The van der Waals surface area contributed by atoms with Crippen molar-refractivity contribution in [3.8, 4) is 0 Å². The summed E-state index contributed by atoms with van der Waals surface area (Å²) >= 11 is 0. The van der Waals surface area contributed by atoms with Crippen molar-refractivity contribution < 1.29 is 18.7 Å². The van der Waals surface area contributed by atoms with Crippen LogP contribution in [-0.2, 0) is 22.5 Å². The second-order valence-electron chi connectivity index (χ2n) is 4.73. The van der Waals surface area contributed by atoms with Crippen LogP contribution in [0.25, 0.3) is 0 Å². The van der Waals surface area contributed by atoms with Crippen LogP contribution in [0.2, 0.25) is 0 Å². The van der Waals surface area contributed by atoms with E-state index in [1.54, 1.807) is 18.2 Å². The Morgan fingerprint density at radius 3 is 2.52 bits per heavy atom. The predicted molar refractivity (Wildman–Crippen MR) is 88.6 cm³/mol. The molecular formula is C16H19ClN2O4. The molecule has 0 aliphatic heterocycles. The molecule has 7 heteroatoms. The van der Waals surface area contributed by atoms with Gasteiger partial charge in [-0.05, 0) is 30.2 Å². The largest absolute Gasteiger partial charge is 0.469 e. The first-order valence-corrected chi connectivity index (χ1v) is 6.87. The molecule has 124 valence electrons. The highest BCUT2D eigenvalue weighted by Gasteiger charge is 2.10. The Balaban J connectivity index is 0.00000264. The molecule has 2 rings (SSSR count). The van der Waals surface area contributed by atoms with E-state index in [1.165, 1.54) is 13.4 Å². The molecule has 23 heavy (non-hydrogen) atoms. The lowest BCUT2D eigenvalue weighted by Gasteiger charge is -2.05. The number of nitrogens with two attached hydrogens (primary N) is 1. The van der Waals surface area contributed by atoms with Crippen LogP contribution in [0.3, 0.4) is 0 Å². The van der Waals surface area contributed by atoms with Crippen LogP contribution in [0, 0.1) is 0 Å². The fourth-order valence-corrected chi connectivity index (χ4v) is 1.91. The predicted octanol–water partition coefficient (Wildman–Crippen LogP) is 2.52. The van der Waals surface area contributed by atoms with Crippen LogP contribution >= 0.6 is 12.4 Å². The Bertz CT molecular complexity index is 652. The lowest BCUT2D eigenvalue weighted by molar-refractivity contribution is -0.140. The molecule has 0 aliphatic carbocycles. The number of aryl methyl sites for hydroxylation is 1. The molecule has 1 aromatic heterocycles. The molecule has 0 radical (unpaired) electrons. The minimum atomic E-state index is -0.259. The van der Waals surface area contributed by atoms with Crippen molar-refractivity contribution >= 4 is 30.0 Å². The smallest absolute Gasteiger partial charge is 0.305 e. The van der Waals surface area contributed by atoms with E-state index in [2.05, 4.69) is 10.1 Å². The molecule has 0 saturated heterocycles. The van der Waals surface area contributed by atoms with Gasteiger partial charge in [0, 0.05) is 12.1 Å². The fraction of sp³-hybridized carbons (Fsp3) is 0.250. The maximum Gasteiger partial charge on any atom is 0.305 e. The lowest BCUT2D eigenvalue weighted by atomic mass is 10.1. The molecule has 0 atom stereocenters. The molecule has 0 bridgehead atoms. The number of ether oxygens (including phenoxy) is 1. The van der Waals surface area contributed by atoms with Crippen LogP contribution in [0.5, 0.6) is 0 Å². The normalized spacial score (nSPS) is 9.83. The van der Waals surface area contributed by atoms with Gasteiger partial charge >= 0.3 is 5.97 Å². The highest BCUT2D eigenvalue weighted by atomic mass is 35.5. The first kappa shape index (κ1) is 18.7. The second kappa shape index (κ2) is 8.97. The minimum absolute atomic E-state index is 0. The SMILES string of the molecule is COC(=O)CCc1ccc(NC(=O)c2coc(CN)c2)cc1.Cl. The van der Waals surface area contributed by atoms with E-state index >= 15 is 0 Å². The Morgan fingerprint density at radius 2 is 1.96 bits per heavy atom. The standard InChI is InChI=1S/C16H18N2O4.ClH/c1-21-15(19)7-4-11-2-5-13(6-3-11)18-16(20)12-8-14(9-17)22-10-12;/h2-3,5-6,8,10H,4,7,9,17H2,1H3,(H,18,20);1H. The number of esters is 1. The summed E-state index contributed by atoms with van der Waals surface area (Å²) in [4.78, 5) is 23.1. The number of nitrogens with one attached hydrogen (secondary N) is 1. The van der Waals surface area contributed by atoms with Crippen molar-refractivity contribution in [2.24, 2.45) is 5.73 Å². The summed E-state index contributed by atoms with van der Waals surface area (Å²) in [7, 11) is 1.37. The second-order valence-corrected chi connectivity index (χ2v) is 4.73. The first-order chi connectivity index (χ1) is 10.6. The van der Waals surface area contributed by atoms with Gasteiger partial charge in [0.15, 0.2) is 0 Å². The number of amides is 1. The van der Waals surface area contributed by atoms with Crippen molar-refractivity contribution in [2.75, 3.05) is 12.4 Å². The van der Waals surface area contributed by atoms with Gasteiger partial charge in [-0.15, -0.1) is 12.4 Å². The average Bonchev–Trinajstić information content (AvgIpc) is 3.03. The van der Waals surface area contributed by atoms with Gasteiger partial charge in [0.2, 0.25) is 0 Å². The van der Waals surface area contributed by atoms with Crippen LogP contribution in [0.15, 0.2) is 41.0 Å². The molecule has 0 aliphatic rings. The van der Waals surface area contributed by atoms with Crippen LogP contribution in [0.4, 0.5) is 5.69 Å². The Labute approximate surface area is 140 Å². The maximum atomic E-state index is 12.0. The number of halogens is 1. The number of benzene rings is 1. The van der Waals surface area contributed by atoms with Gasteiger partial charge < -0.3 is 20.2 Å². The number of methoxy groups -OCH3 is 1. The number of carbonyl (C=O) groups is 2. The monoisotopic (exact) mass is 338 g/mol. The lowest BCUT2D eigenvalue weighted by Crippen LogP contribution is -2.11. The molecule has 1 aromatic carbocycles. The van der Waals surface area contributed by atoms with E-state index in [4.69, 9.17) is 10.2 Å². The Kier molecular flexibility index (Phi) is 7.31. The molecule has 1 amide bonds. The molecule has 0 spiro atoms. The summed E-state index contributed by atoms with van der Waals surface area (Å²) in [6.45, 7) is 0.252. The zero-order valence-corrected chi connectivity index (χ0v) is 13.5. The maximum absolute atomic E-state index is 12.0. The van der Waals surface area contributed by atoms with Gasteiger partial charge in [-0.25, -0.2) is 0 Å². The Morgan fingerprint density at radius 1 is 1.26 bits per heavy atom. The third kappa shape index (κ3) is 5.43. The third-order valence-corrected chi connectivity index (χ3v) is 3.17. The van der Waals surface area contributed by atoms with E-state index in [9.17, 15) is 9.59 Å². The number of hydrogen-bond donors (Lipinski definition) is 2. The Hall–Kier alpha value is -2.31. The summed E-state index contributed by atoms with van der Waals surface area (Å²) in [6, 6.07) is 8.90. The molecule has 6 nitrogen and oxygen atoms in total. The highest BCUT2D eigenvalue weighted by molar-refractivity contribution is 6.04. The van der Waals surface area contributed by atoms with Gasteiger partial charge in [0.25, 0.3) is 5.91 Å². The van der Waals surface area contributed by atoms with E-state index in [-0.39, 0.29) is 30.8 Å². The summed E-state index contributed by atoms with van der Waals surface area (Å²) in [6.07, 6.45) is 2.31. The van der Waals surface area contributed by atoms with Gasteiger partial charge in [-0.3, -0.25) is 9.59 Å². The number of hydrogen-bond acceptors (Lipinski definition) is 5. The van der Waals surface area contributed by atoms with E-state index in [0.717, 1.165) is 5.56 Å². The van der Waals surface area contributed by atoms with Crippen LogP contribution in [-0.4, -0.2) is 19.0 Å². The van der Waals surface area contributed by atoms with E-state index < -0.39 is 0 Å². The highest BCUT2D eigenvalue weighted by Crippen LogP contribution is 2.14. The van der Waals surface area contributed by atoms with E-state index in [0.29, 0.717) is 29.9 Å². The average molecular weight is 339 g/mol. The third-order valence-electron chi connectivity index (χ3n) is 3.17. The molecule has 0 unspecified atom stereocenters. The van der Waals surface area contributed by atoms with Gasteiger partial charge in [-0.2, -0.15) is 0 Å². The molecule has 0 saturated carbocycles. The number of anilines is 1. The molecule has 3 N–H and O–H groups in total. The number of carbonyl (C=O) groups excluding carboxylic acids is 2. The summed E-state index contributed by atoms with van der Waals surface area (Å²) < 4.78 is 9.72. The first-order valence-electron chi connectivity index (χ1n) is 6.87.